The first-order valence-corrected chi connectivity index (χ1v) is 6.77. The molecule has 0 atom stereocenters. The van der Waals surface area contributed by atoms with Crippen LogP contribution in [0, 0.1) is 0 Å². The van der Waals surface area contributed by atoms with E-state index in [1.807, 2.05) is 18.3 Å². The van der Waals surface area contributed by atoms with Gasteiger partial charge < -0.3 is 0 Å². The third kappa shape index (κ3) is 3.40. The van der Waals surface area contributed by atoms with Crippen molar-refractivity contribution in [1.29, 1.82) is 0 Å². The maximum Gasteiger partial charge on any atom is 0.0544 e. The maximum atomic E-state index is 4.36. The van der Waals surface area contributed by atoms with E-state index in [1.165, 1.54) is 5.56 Å². The Morgan fingerprint density at radius 2 is 2.19 bits per heavy atom. The number of pyridine rings is 1. The molecular formula is C12H13BrN2S. The van der Waals surface area contributed by atoms with Crippen molar-refractivity contribution in [2.24, 2.45) is 0 Å². The maximum absolute atomic E-state index is 4.36. The molecule has 0 saturated heterocycles. The number of nitrogens with zero attached hydrogens (tertiary/aromatic N) is 2. The lowest BCUT2D eigenvalue weighted by Crippen LogP contribution is -2.17. The standard InChI is InChI=1S/C12H13BrN2S/c1-15(7-10-4-5-16-9-10)8-12-3-2-11(13)6-14-12/h2-6,9H,7-8H2,1H3. The lowest BCUT2D eigenvalue weighted by atomic mass is 10.3. The summed E-state index contributed by atoms with van der Waals surface area (Å²) < 4.78 is 1.02. The van der Waals surface area contributed by atoms with Crippen molar-refractivity contribution in [3.63, 3.8) is 0 Å². The molecule has 0 aromatic carbocycles. The zero-order valence-corrected chi connectivity index (χ0v) is 11.5. The molecule has 0 amide bonds. The third-order valence-corrected chi connectivity index (χ3v) is 3.45. The Morgan fingerprint density at radius 3 is 2.81 bits per heavy atom. The van der Waals surface area contributed by atoms with Gasteiger partial charge in [-0.15, -0.1) is 0 Å². The molecule has 2 heterocycles. The van der Waals surface area contributed by atoms with Crippen LogP contribution in [0.3, 0.4) is 0 Å². The quantitative estimate of drug-likeness (QED) is 0.858. The Hall–Kier alpha value is -0.710. The zero-order chi connectivity index (χ0) is 11.4. The van der Waals surface area contributed by atoms with Gasteiger partial charge in [-0.05, 0) is 57.5 Å². The van der Waals surface area contributed by atoms with Gasteiger partial charge in [0, 0.05) is 23.8 Å². The number of thiophene rings is 1. The summed E-state index contributed by atoms with van der Waals surface area (Å²) >= 11 is 5.13. The van der Waals surface area contributed by atoms with Crippen LogP contribution in [0.25, 0.3) is 0 Å². The molecule has 2 nitrogen and oxygen atoms in total. The number of halogens is 1. The van der Waals surface area contributed by atoms with Crippen LogP contribution in [0.4, 0.5) is 0 Å². The van der Waals surface area contributed by atoms with Gasteiger partial charge in [-0.1, -0.05) is 0 Å². The minimum atomic E-state index is 0.878. The van der Waals surface area contributed by atoms with E-state index >= 15 is 0 Å². The van der Waals surface area contributed by atoms with Crippen LogP contribution >= 0.6 is 27.3 Å². The first-order valence-electron chi connectivity index (χ1n) is 5.04. The summed E-state index contributed by atoms with van der Waals surface area (Å²) in [7, 11) is 2.11. The Bertz CT molecular complexity index is 425. The van der Waals surface area contributed by atoms with Crippen LogP contribution in [-0.4, -0.2) is 16.9 Å². The van der Waals surface area contributed by atoms with E-state index in [0.29, 0.717) is 0 Å². The van der Waals surface area contributed by atoms with Crippen LogP contribution in [0.5, 0.6) is 0 Å². The molecule has 0 bridgehead atoms. The Morgan fingerprint density at radius 1 is 1.31 bits per heavy atom. The minimum absolute atomic E-state index is 0.878. The molecule has 84 valence electrons. The number of hydrogen-bond donors (Lipinski definition) is 0. The van der Waals surface area contributed by atoms with Crippen LogP contribution < -0.4 is 0 Å². The topological polar surface area (TPSA) is 16.1 Å². The molecule has 0 aliphatic heterocycles. The Labute approximate surface area is 108 Å². The molecule has 2 aromatic rings. The summed E-state index contributed by atoms with van der Waals surface area (Å²) in [4.78, 5) is 6.62. The summed E-state index contributed by atoms with van der Waals surface area (Å²) in [5, 5.41) is 4.30. The average molecular weight is 297 g/mol. The van der Waals surface area contributed by atoms with Gasteiger partial charge in [-0.25, -0.2) is 0 Å². The molecule has 16 heavy (non-hydrogen) atoms. The third-order valence-electron chi connectivity index (χ3n) is 2.25. The van der Waals surface area contributed by atoms with Gasteiger partial charge in [-0.3, -0.25) is 9.88 Å². The van der Waals surface area contributed by atoms with E-state index < -0.39 is 0 Å². The van der Waals surface area contributed by atoms with Crippen LogP contribution in [0.15, 0.2) is 39.6 Å². The molecule has 2 aromatic heterocycles. The van der Waals surface area contributed by atoms with Gasteiger partial charge in [-0.2, -0.15) is 11.3 Å². The average Bonchev–Trinajstić information content (AvgIpc) is 2.74. The van der Waals surface area contributed by atoms with Crippen molar-refractivity contribution in [3.05, 3.63) is 50.9 Å². The number of aromatic nitrogens is 1. The Balaban J connectivity index is 1.92. The summed E-state index contributed by atoms with van der Waals surface area (Å²) in [6, 6.07) is 6.24. The predicted molar refractivity (Wildman–Crippen MR) is 71.4 cm³/mol. The van der Waals surface area contributed by atoms with Crippen molar-refractivity contribution in [3.8, 4) is 0 Å². The van der Waals surface area contributed by atoms with E-state index in [9.17, 15) is 0 Å². The molecule has 0 radical (unpaired) electrons. The molecule has 0 aliphatic rings. The second-order valence-corrected chi connectivity index (χ2v) is 5.47. The van der Waals surface area contributed by atoms with Crippen molar-refractivity contribution in [1.82, 2.24) is 9.88 Å². The molecule has 4 heteroatoms. The summed E-state index contributed by atoms with van der Waals surface area (Å²) in [6.07, 6.45) is 1.84. The van der Waals surface area contributed by atoms with Crippen molar-refractivity contribution in [2.75, 3.05) is 7.05 Å². The van der Waals surface area contributed by atoms with E-state index in [0.717, 1.165) is 23.3 Å². The Kier molecular flexibility index (Phi) is 4.09. The van der Waals surface area contributed by atoms with E-state index in [2.05, 4.69) is 49.7 Å². The highest BCUT2D eigenvalue weighted by molar-refractivity contribution is 9.10. The largest absolute Gasteiger partial charge is 0.296 e. The fraction of sp³-hybridized carbons (Fsp3) is 0.250. The van der Waals surface area contributed by atoms with Crippen molar-refractivity contribution in [2.45, 2.75) is 13.1 Å². The molecule has 0 saturated carbocycles. The molecular weight excluding hydrogens is 284 g/mol. The highest BCUT2D eigenvalue weighted by atomic mass is 79.9. The monoisotopic (exact) mass is 296 g/mol. The predicted octanol–water partition coefficient (Wildman–Crippen LogP) is 3.54. The molecule has 0 fully saturated rings. The normalized spacial score (nSPS) is 10.9. The van der Waals surface area contributed by atoms with E-state index in [4.69, 9.17) is 0 Å². The van der Waals surface area contributed by atoms with Gasteiger partial charge in [0.05, 0.1) is 5.69 Å². The van der Waals surface area contributed by atoms with Gasteiger partial charge in [0.25, 0.3) is 0 Å². The van der Waals surface area contributed by atoms with Gasteiger partial charge in [0.2, 0.25) is 0 Å². The van der Waals surface area contributed by atoms with Gasteiger partial charge >= 0.3 is 0 Å². The van der Waals surface area contributed by atoms with Crippen molar-refractivity contribution < 1.29 is 0 Å². The second-order valence-electron chi connectivity index (χ2n) is 3.77. The van der Waals surface area contributed by atoms with Crippen LogP contribution in [-0.2, 0) is 13.1 Å². The number of hydrogen-bond acceptors (Lipinski definition) is 3. The first-order chi connectivity index (χ1) is 7.74. The first kappa shape index (κ1) is 11.8. The fourth-order valence-electron chi connectivity index (χ4n) is 1.53. The summed E-state index contributed by atoms with van der Waals surface area (Å²) in [5.41, 5.74) is 2.46. The van der Waals surface area contributed by atoms with Crippen LogP contribution in [0.1, 0.15) is 11.3 Å². The van der Waals surface area contributed by atoms with E-state index in [1.54, 1.807) is 11.3 Å². The SMILES string of the molecule is CN(Cc1ccsc1)Cc1ccc(Br)cn1. The van der Waals surface area contributed by atoms with Gasteiger partial charge in [0.15, 0.2) is 0 Å². The zero-order valence-electron chi connectivity index (χ0n) is 9.06. The minimum Gasteiger partial charge on any atom is -0.296 e. The van der Waals surface area contributed by atoms with E-state index in [-0.39, 0.29) is 0 Å². The highest BCUT2D eigenvalue weighted by Crippen LogP contribution is 2.12. The number of rotatable bonds is 4. The van der Waals surface area contributed by atoms with Crippen LogP contribution in [0.2, 0.25) is 0 Å². The lowest BCUT2D eigenvalue weighted by molar-refractivity contribution is 0.315. The summed E-state index contributed by atoms with van der Waals surface area (Å²) in [6.45, 7) is 1.85. The van der Waals surface area contributed by atoms with Crippen molar-refractivity contribution >= 4 is 27.3 Å². The lowest BCUT2D eigenvalue weighted by Gasteiger charge is -2.15. The smallest absolute Gasteiger partial charge is 0.0544 e. The summed E-state index contributed by atoms with van der Waals surface area (Å²) in [5.74, 6) is 0. The second kappa shape index (κ2) is 5.57. The fourth-order valence-corrected chi connectivity index (χ4v) is 2.42. The molecule has 0 spiro atoms. The molecule has 0 aliphatic carbocycles. The molecule has 2 rings (SSSR count). The molecule has 0 unspecified atom stereocenters. The van der Waals surface area contributed by atoms with Gasteiger partial charge in [0.1, 0.15) is 0 Å². The molecule has 0 N–H and O–H groups in total. The highest BCUT2D eigenvalue weighted by Gasteiger charge is 2.02.